The van der Waals surface area contributed by atoms with Crippen LogP contribution in [0.1, 0.15) is 76.9 Å². The monoisotopic (exact) mass is 268 g/mol. The molecular formula is C15H28N2S. The van der Waals surface area contributed by atoms with Crippen molar-refractivity contribution in [3.63, 3.8) is 0 Å². The van der Waals surface area contributed by atoms with Crippen LogP contribution in [-0.4, -0.2) is 11.5 Å². The molecule has 1 heterocycles. The van der Waals surface area contributed by atoms with Gasteiger partial charge >= 0.3 is 0 Å². The van der Waals surface area contributed by atoms with E-state index in [2.05, 4.69) is 45.3 Å². The Kier molecular flexibility index (Phi) is 6.30. The molecule has 0 spiro atoms. The van der Waals surface area contributed by atoms with Gasteiger partial charge in [0.2, 0.25) is 0 Å². The van der Waals surface area contributed by atoms with Crippen molar-refractivity contribution in [1.29, 1.82) is 0 Å². The van der Waals surface area contributed by atoms with Gasteiger partial charge in [0.1, 0.15) is 5.01 Å². The minimum absolute atomic E-state index is 0.0998. The first-order chi connectivity index (χ1) is 8.59. The lowest BCUT2D eigenvalue weighted by atomic mass is 9.90. The molecule has 0 bridgehead atoms. The second-order valence-electron chi connectivity index (χ2n) is 5.30. The molecule has 0 aliphatic carbocycles. The molecule has 104 valence electrons. The van der Waals surface area contributed by atoms with Crippen LogP contribution in [-0.2, 0) is 5.54 Å². The van der Waals surface area contributed by atoms with Crippen molar-refractivity contribution >= 4 is 11.3 Å². The quantitative estimate of drug-likeness (QED) is 0.741. The molecule has 0 aliphatic rings. The summed E-state index contributed by atoms with van der Waals surface area (Å²) >= 11 is 1.83. The van der Waals surface area contributed by atoms with Gasteiger partial charge in [0, 0.05) is 5.38 Å². The summed E-state index contributed by atoms with van der Waals surface area (Å²) in [5, 5.41) is 7.21. The largest absolute Gasteiger partial charge is 0.306 e. The number of hydrogen-bond donors (Lipinski definition) is 1. The maximum absolute atomic E-state index is 4.88. The Hall–Kier alpha value is -0.410. The number of hydrogen-bond acceptors (Lipinski definition) is 3. The molecule has 0 aliphatic heterocycles. The number of nitrogens with zero attached hydrogens (tertiary/aromatic N) is 1. The molecule has 1 aromatic heterocycles. The summed E-state index contributed by atoms with van der Waals surface area (Å²) in [6.07, 6.45) is 4.82. The summed E-state index contributed by atoms with van der Waals surface area (Å²) in [7, 11) is 0. The van der Waals surface area contributed by atoms with Crippen molar-refractivity contribution in [2.75, 3.05) is 6.54 Å². The molecule has 1 atom stereocenters. The van der Waals surface area contributed by atoms with Crippen LogP contribution in [0.15, 0.2) is 5.38 Å². The van der Waals surface area contributed by atoms with Crippen LogP contribution >= 0.6 is 11.3 Å². The lowest BCUT2D eigenvalue weighted by molar-refractivity contribution is 0.293. The highest BCUT2D eigenvalue weighted by molar-refractivity contribution is 7.09. The summed E-state index contributed by atoms with van der Waals surface area (Å²) in [5.41, 5.74) is 1.34. The standard InChI is InChI=1S/C15H28N2S/c1-6-9-10-15(7-2,16-8-3)14-17-13(11-18-14)12(4)5/h11-12,16H,6-10H2,1-5H3. The van der Waals surface area contributed by atoms with Gasteiger partial charge in [-0.3, -0.25) is 0 Å². The molecule has 1 N–H and O–H groups in total. The van der Waals surface area contributed by atoms with Gasteiger partial charge in [-0.25, -0.2) is 4.98 Å². The normalized spacial score (nSPS) is 15.0. The minimum Gasteiger partial charge on any atom is -0.306 e. The topological polar surface area (TPSA) is 24.9 Å². The zero-order chi connectivity index (χ0) is 13.6. The zero-order valence-corrected chi connectivity index (χ0v) is 13.4. The van der Waals surface area contributed by atoms with Gasteiger partial charge in [-0.05, 0) is 25.3 Å². The van der Waals surface area contributed by atoms with E-state index in [1.807, 2.05) is 11.3 Å². The first-order valence-electron chi connectivity index (χ1n) is 7.30. The van der Waals surface area contributed by atoms with Crippen molar-refractivity contribution in [3.05, 3.63) is 16.1 Å². The molecule has 0 saturated heterocycles. The van der Waals surface area contributed by atoms with E-state index in [9.17, 15) is 0 Å². The van der Waals surface area contributed by atoms with Crippen LogP contribution in [0.25, 0.3) is 0 Å². The smallest absolute Gasteiger partial charge is 0.113 e. The van der Waals surface area contributed by atoms with E-state index in [0.29, 0.717) is 5.92 Å². The fourth-order valence-electron chi connectivity index (χ4n) is 2.31. The predicted octanol–water partition coefficient (Wildman–Crippen LogP) is 4.67. The fourth-order valence-corrected chi connectivity index (χ4v) is 3.57. The molecule has 1 unspecified atom stereocenters. The SMILES string of the molecule is CCCCC(CC)(NCC)c1nc(C(C)C)cs1. The maximum Gasteiger partial charge on any atom is 0.113 e. The third-order valence-electron chi connectivity index (χ3n) is 3.60. The Balaban J connectivity index is 2.98. The number of rotatable bonds is 8. The number of aromatic nitrogens is 1. The summed E-state index contributed by atoms with van der Waals surface area (Å²) in [4.78, 5) is 4.88. The van der Waals surface area contributed by atoms with Gasteiger partial charge in [-0.15, -0.1) is 11.3 Å². The fraction of sp³-hybridized carbons (Fsp3) is 0.800. The van der Waals surface area contributed by atoms with Gasteiger partial charge in [0.05, 0.1) is 11.2 Å². The zero-order valence-electron chi connectivity index (χ0n) is 12.5. The van der Waals surface area contributed by atoms with E-state index >= 15 is 0 Å². The van der Waals surface area contributed by atoms with Crippen LogP contribution in [0.2, 0.25) is 0 Å². The maximum atomic E-state index is 4.88. The number of nitrogens with one attached hydrogen (secondary N) is 1. The first-order valence-corrected chi connectivity index (χ1v) is 8.18. The second-order valence-corrected chi connectivity index (χ2v) is 6.16. The van der Waals surface area contributed by atoms with Crippen molar-refractivity contribution in [2.24, 2.45) is 0 Å². The van der Waals surface area contributed by atoms with Crippen LogP contribution < -0.4 is 5.32 Å². The van der Waals surface area contributed by atoms with Crippen molar-refractivity contribution < 1.29 is 0 Å². The summed E-state index contributed by atoms with van der Waals surface area (Å²) in [5.74, 6) is 0.525. The molecule has 0 amide bonds. The van der Waals surface area contributed by atoms with E-state index < -0.39 is 0 Å². The summed E-state index contributed by atoms with van der Waals surface area (Å²) in [6.45, 7) is 12.2. The Bertz CT molecular complexity index is 346. The summed E-state index contributed by atoms with van der Waals surface area (Å²) in [6, 6.07) is 0. The van der Waals surface area contributed by atoms with Crippen molar-refractivity contribution in [1.82, 2.24) is 10.3 Å². The first kappa shape index (κ1) is 15.6. The molecule has 1 rings (SSSR count). The molecule has 0 radical (unpaired) electrons. The number of unbranched alkanes of at least 4 members (excludes halogenated alkanes) is 1. The van der Waals surface area contributed by atoms with Crippen LogP contribution in [0.3, 0.4) is 0 Å². The Morgan fingerprint density at radius 1 is 1.33 bits per heavy atom. The van der Waals surface area contributed by atoms with E-state index in [1.165, 1.54) is 30.0 Å². The molecule has 0 saturated carbocycles. The molecule has 1 aromatic rings. The highest BCUT2D eigenvalue weighted by Gasteiger charge is 2.31. The van der Waals surface area contributed by atoms with Crippen molar-refractivity contribution in [3.8, 4) is 0 Å². The Morgan fingerprint density at radius 2 is 2.06 bits per heavy atom. The van der Waals surface area contributed by atoms with Gasteiger partial charge in [0.25, 0.3) is 0 Å². The lowest BCUT2D eigenvalue weighted by Gasteiger charge is -2.32. The van der Waals surface area contributed by atoms with E-state index in [1.54, 1.807) is 0 Å². The van der Waals surface area contributed by atoms with Gasteiger partial charge in [-0.1, -0.05) is 47.5 Å². The average molecular weight is 268 g/mol. The molecular weight excluding hydrogens is 240 g/mol. The Labute approximate surface area is 116 Å². The van der Waals surface area contributed by atoms with E-state index in [4.69, 9.17) is 4.98 Å². The molecule has 2 nitrogen and oxygen atoms in total. The third kappa shape index (κ3) is 3.55. The lowest BCUT2D eigenvalue weighted by Crippen LogP contribution is -2.41. The van der Waals surface area contributed by atoms with Gasteiger partial charge < -0.3 is 5.32 Å². The summed E-state index contributed by atoms with van der Waals surface area (Å²) < 4.78 is 0. The van der Waals surface area contributed by atoms with Gasteiger partial charge in [0.15, 0.2) is 0 Å². The molecule has 18 heavy (non-hydrogen) atoms. The molecule has 0 aromatic carbocycles. The highest BCUT2D eigenvalue weighted by Crippen LogP contribution is 2.34. The van der Waals surface area contributed by atoms with Crippen LogP contribution in [0.5, 0.6) is 0 Å². The van der Waals surface area contributed by atoms with Crippen LogP contribution in [0.4, 0.5) is 0 Å². The third-order valence-corrected chi connectivity index (χ3v) is 4.66. The van der Waals surface area contributed by atoms with Gasteiger partial charge in [-0.2, -0.15) is 0 Å². The highest BCUT2D eigenvalue weighted by atomic mass is 32.1. The average Bonchev–Trinajstić information content (AvgIpc) is 2.85. The van der Waals surface area contributed by atoms with E-state index in [0.717, 1.165) is 13.0 Å². The number of thiazole rings is 1. The Morgan fingerprint density at radius 3 is 2.50 bits per heavy atom. The molecule has 0 fully saturated rings. The minimum atomic E-state index is 0.0998. The second kappa shape index (κ2) is 7.25. The predicted molar refractivity (Wildman–Crippen MR) is 81.4 cm³/mol. The molecule has 3 heteroatoms. The van der Waals surface area contributed by atoms with Crippen LogP contribution in [0, 0.1) is 0 Å². The van der Waals surface area contributed by atoms with E-state index in [-0.39, 0.29) is 5.54 Å². The van der Waals surface area contributed by atoms with Crippen molar-refractivity contribution in [2.45, 2.75) is 71.8 Å².